The van der Waals surface area contributed by atoms with Gasteiger partial charge in [-0.3, -0.25) is 19.8 Å². The standard InChI is InChI=1S/C25H26N6O3/c1-17-14-31(25(33)16-32)11-10-30(17)15-20-4-2-18-12-21(5-6-22(18)28-20)34-24-7-3-19(13-26-24)23-8-9-27-29-23/h2-9,12-13,17,32H,10-11,14-16H2,1H3,(H,27,29)/t17-/m1/s1. The van der Waals surface area contributed by atoms with Crippen molar-refractivity contribution in [2.45, 2.75) is 19.5 Å². The number of amides is 1. The van der Waals surface area contributed by atoms with Gasteiger partial charge in [0.2, 0.25) is 11.8 Å². The van der Waals surface area contributed by atoms with E-state index in [4.69, 9.17) is 14.8 Å². The Bertz CT molecular complexity index is 1280. The van der Waals surface area contributed by atoms with Gasteiger partial charge in [-0.05, 0) is 43.3 Å². The van der Waals surface area contributed by atoms with E-state index in [0.29, 0.717) is 31.3 Å². The molecule has 3 aromatic heterocycles. The number of hydrogen-bond donors (Lipinski definition) is 2. The van der Waals surface area contributed by atoms with Crippen molar-refractivity contribution in [3.63, 3.8) is 0 Å². The summed E-state index contributed by atoms with van der Waals surface area (Å²) in [6, 6.07) is 15.7. The van der Waals surface area contributed by atoms with E-state index in [1.54, 1.807) is 17.3 Å². The van der Waals surface area contributed by atoms with E-state index in [-0.39, 0.29) is 11.9 Å². The normalized spacial score (nSPS) is 16.6. The Labute approximate surface area is 197 Å². The van der Waals surface area contributed by atoms with Crippen molar-refractivity contribution in [3.8, 4) is 22.9 Å². The second-order valence-corrected chi connectivity index (χ2v) is 8.43. The van der Waals surface area contributed by atoms with E-state index < -0.39 is 6.61 Å². The maximum Gasteiger partial charge on any atom is 0.248 e. The van der Waals surface area contributed by atoms with Crippen LogP contribution in [0.15, 0.2) is 60.9 Å². The van der Waals surface area contributed by atoms with Crippen LogP contribution in [-0.2, 0) is 11.3 Å². The first-order chi connectivity index (χ1) is 16.6. The second-order valence-electron chi connectivity index (χ2n) is 8.43. The van der Waals surface area contributed by atoms with E-state index in [2.05, 4.69) is 33.1 Å². The molecule has 1 atom stereocenters. The van der Waals surface area contributed by atoms with E-state index in [1.807, 2.05) is 42.5 Å². The van der Waals surface area contributed by atoms with Crippen LogP contribution in [0.25, 0.3) is 22.2 Å². The van der Waals surface area contributed by atoms with Gasteiger partial charge in [-0.1, -0.05) is 6.07 Å². The first-order valence-electron chi connectivity index (χ1n) is 11.2. The molecule has 9 heteroatoms. The van der Waals surface area contributed by atoms with Crippen molar-refractivity contribution in [2.75, 3.05) is 26.2 Å². The monoisotopic (exact) mass is 458 g/mol. The molecule has 1 fully saturated rings. The zero-order valence-corrected chi connectivity index (χ0v) is 18.9. The van der Waals surface area contributed by atoms with E-state index in [0.717, 1.165) is 34.4 Å². The van der Waals surface area contributed by atoms with Crippen molar-refractivity contribution < 1.29 is 14.6 Å². The summed E-state index contributed by atoms with van der Waals surface area (Å²) in [5.41, 5.74) is 3.72. The lowest BCUT2D eigenvalue weighted by Crippen LogP contribution is -2.53. The van der Waals surface area contributed by atoms with Crippen LogP contribution in [0.3, 0.4) is 0 Å². The minimum Gasteiger partial charge on any atom is -0.439 e. The Hall–Kier alpha value is -3.82. The highest BCUT2D eigenvalue weighted by Crippen LogP contribution is 2.26. The molecule has 4 aromatic rings. The number of nitrogens with one attached hydrogen (secondary N) is 1. The quantitative estimate of drug-likeness (QED) is 0.457. The van der Waals surface area contributed by atoms with Crippen molar-refractivity contribution in [2.24, 2.45) is 0 Å². The number of carbonyl (C=O) groups is 1. The van der Waals surface area contributed by atoms with Crippen LogP contribution >= 0.6 is 0 Å². The van der Waals surface area contributed by atoms with E-state index in [1.165, 1.54) is 0 Å². The molecule has 1 aliphatic rings. The van der Waals surface area contributed by atoms with E-state index >= 15 is 0 Å². The van der Waals surface area contributed by atoms with Gasteiger partial charge in [0.25, 0.3) is 0 Å². The van der Waals surface area contributed by atoms with Crippen molar-refractivity contribution in [1.29, 1.82) is 0 Å². The first-order valence-corrected chi connectivity index (χ1v) is 11.2. The molecular weight excluding hydrogens is 432 g/mol. The maximum atomic E-state index is 11.8. The smallest absolute Gasteiger partial charge is 0.248 e. The molecule has 0 bridgehead atoms. The molecule has 2 N–H and O–H groups in total. The molecule has 0 spiro atoms. The van der Waals surface area contributed by atoms with Gasteiger partial charge in [-0.25, -0.2) is 4.98 Å². The largest absolute Gasteiger partial charge is 0.439 e. The van der Waals surface area contributed by atoms with Crippen molar-refractivity contribution >= 4 is 16.8 Å². The molecule has 0 aliphatic carbocycles. The minimum absolute atomic E-state index is 0.199. The summed E-state index contributed by atoms with van der Waals surface area (Å²) in [7, 11) is 0. The second kappa shape index (κ2) is 9.58. The highest BCUT2D eigenvalue weighted by Gasteiger charge is 2.26. The minimum atomic E-state index is -0.433. The number of aromatic amines is 1. The van der Waals surface area contributed by atoms with Gasteiger partial charge in [0.05, 0.1) is 16.9 Å². The number of rotatable bonds is 6. The molecule has 1 aromatic carbocycles. The van der Waals surface area contributed by atoms with Crippen LogP contribution in [0.1, 0.15) is 12.6 Å². The number of fused-ring (bicyclic) bond motifs is 1. The summed E-state index contributed by atoms with van der Waals surface area (Å²) >= 11 is 0. The topological polar surface area (TPSA) is 107 Å². The SMILES string of the molecule is C[C@@H]1CN(C(=O)CO)CCN1Cc1ccc2cc(Oc3ccc(-c4ccn[nH]4)cn3)ccc2n1. The predicted molar refractivity (Wildman–Crippen MR) is 127 cm³/mol. The number of nitrogens with zero attached hydrogens (tertiary/aromatic N) is 5. The number of ether oxygens (including phenoxy) is 1. The number of piperazine rings is 1. The van der Waals surface area contributed by atoms with Gasteiger partial charge < -0.3 is 14.7 Å². The Morgan fingerprint density at radius 1 is 1.18 bits per heavy atom. The third-order valence-corrected chi connectivity index (χ3v) is 6.11. The average Bonchev–Trinajstić information content (AvgIpc) is 3.40. The maximum absolute atomic E-state index is 11.8. The molecule has 0 saturated carbocycles. The van der Waals surface area contributed by atoms with Gasteiger partial charge in [0.15, 0.2) is 0 Å². The number of aliphatic hydroxyl groups excluding tert-OH is 1. The third-order valence-electron chi connectivity index (χ3n) is 6.11. The zero-order chi connectivity index (χ0) is 23.5. The number of aromatic nitrogens is 4. The Morgan fingerprint density at radius 2 is 2.09 bits per heavy atom. The third kappa shape index (κ3) is 4.75. The fourth-order valence-electron chi connectivity index (χ4n) is 4.20. The molecule has 1 saturated heterocycles. The Kier molecular flexibility index (Phi) is 6.20. The first kappa shape index (κ1) is 22.0. The van der Waals surface area contributed by atoms with Crippen LogP contribution in [-0.4, -0.2) is 73.3 Å². The summed E-state index contributed by atoms with van der Waals surface area (Å²) in [4.78, 5) is 25.0. The van der Waals surface area contributed by atoms with Crippen molar-refractivity contribution in [1.82, 2.24) is 30.0 Å². The fraction of sp³-hybridized carbons (Fsp3) is 0.280. The molecule has 174 valence electrons. The van der Waals surface area contributed by atoms with Crippen LogP contribution in [0.4, 0.5) is 0 Å². The lowest BCUT2D eigenvalue weighted by Gasteiger charge is -2.39. The molecule has 0 radical (unpaired) electrons. The summed E-state index contributed by atoms with van der Waals surface area (Å²) < 4.78 is 5.94. The molecule has 4 heterocycles. The van der Waals surface area contributed by atoms with Gasteiger partial charge in [-0.2, -0.15) is 5.10 Å². The van der Waals surface area contributed by atoms with Gasteiger partial charge in [0, 0.05) is 61.6 Å². The lowest BCUT2D eigenvalue weighted by molar-refractivity contribution is -0.137. The Balaban J connectivity index is 1.24. The van der Waals surface area contributed by atoms with Crippen LogP contribution in [0.2, 0.25) is 0 Å². The van der Waals surface area contributed by atoms with Crippen LogP contribution in [0, 0.1) is 0 Å². The summed E-state index contributed by atoms with van der Waals surface area (Å²) in [6.07, 6.45) is 3.45. The van der Waals surface area contributed by atoms with Crippen LogP contribution in [0.5, 0.6) is 11.6 Å². The molecule has 34 heavy (non-hydrogen) atoms. The number of H-pyrrole nitrogens is 1. The molecule has 1 aliphatic heterocycles. The highest BCUT2D eigenvalue weighted by molar-refractivity contribution is 5.80. The average molecular weight is 459 g/mol. The van der Waals surface area contributed by atoms with Gasteiger partial charge in [-0.15, -0.1) is 0 Å². The molecule has 5 rings (SSSR count). The molecule has 9 nitrogen and oxygen atoms in total. The zero-order valence-electron chi connectivity index (χ0n) is 18.9. The van der Waals surface area contributed by atoms with E-state index in [9.17, 15) is 4.79 Å². The van der Waals surface area contributed by atoms with Crippen LogP contribution < -0.4 is 4.74 Å². The molecular formula is C25H26N6O3. The summed E-state index contributed by atoms with van der Waals surface area (Å²) in [6.45, 7) is 4.36. The number of aliphatic hydroxyl groups is 1. The van der Waals surface area contributed by atoms with Crippen molar-refractivity contribution in [3.05, 3.63) is 66.6 Å². The summed E-state index contributed by atoms with van der Waals surface area (Å²) in [5, 5.41) is 17.0. The number of benzene rings is 1. The highest BCUT2D eigenvalue weighted by atomic mass is 16.5. The lowest BCUT2D eigenvalue weighted by atomic mass is 10.1. The number of carbonyl (C=O) groups excluding carboxylic acids is 1. The Morgan fingerprint density at radius 3 is 2.82 bits per heavy atom. The fourth-order valence-corrected chi connectivity index (χ4v) is 4.20. The molecule has 1 amide bonds. The van der Waals surface area contributed by atoms with Gasteiger partial charge >= 0.3 is 0 Å². The number of pyridine rings is 2. The molecule has 0 unspecified atom stereocenters. The number of hydrogen-bond acceptors (Lipinski definition) is 7. The van der Waals surface area contributed by atoms with Gasteiger partial charge in [0.1, 0.15) is 12.4 Å². The summed E-state index contributed by atoms with van der Waals surface area (Å²) in [5.74, 6) is 0.999. The predicted octanol–water partition coefficient (Wildman–Crippen LogP) is 2.84.